The summed E-state index contributed by atoms with van der Waals surface area (Å²) >= 11 is 1.52. The standard InChI is InChI=1S/C18H20N4O2S/c1-2-15-21-22-16(25-15)10-19-18(23)20-13-8-5-7-12-11-6-3-4-9-14(11)24-17(12)13/h5,7-8H,2-4,6,9-10H2,1H3,(H2,19,20,23). The lowest BCUT2D eigenvalue weighted by Crippen LogP contribution is -2.28. The van der Waals surface area contributed by atoms with E-state index in [1.165, 1.54) is 23.3 Å². The van der Waals surface area contributed by atoms with Gasteiger partial charge in [-0.15, -0.1) is 10.2 Å². The fraction of sp³-hybridized carbons (Fsp3) is 0.389. The SMILES string of the molecule is CCc1nnc(CNC(=O)Nc2cccc3c4c(oc23)CCCC4)s1. The normalized spacial score (nSPS) is 13.6. The highest BCUT2D eigenvalue weighted by atomic mass is 32.1. The highest BCUT2D eigenvalue weighted by Crippen LogP contribution is 2.35. The number of hydrogen-bond donors (Lipinski definition) is 2. The molecule has 1 aromatic carbocycles. The molecule has 0 unspecified atom stereocenters. The first-order chi connectivity index (χ1) is 12.2. The Morgan fingerprint density at radius 1 is 1.24 bits per heavy atom. The van der Waals surface area contributed by atoms with Gasteiger partial charge in [-0.25, -0.2) is 4.79 Å². The lowest BCUT2D eigenvalue weighted by atomic mass is 9.96. The molecule has 1 aliphatic carbocycles. The summed E-state index contributed by atoms with van der Waals surface area (Å²) in [5, 5.41) is 16.7. The van der Waals surface area contributed by atoms with E-state index in [9.17, 15) is 4.79 Å². The maximum atomic E-state index is 12.2. The van der Waals surface area contributed by atoms with Gasteiger partial charge in [0, 0.05) is 17.4 Å². The van der Waals surface area contributed by atoms with Crippen LogP contribution < -0.4 is 10.6 Å². The number of amides is 2. The molecule has 25 heavy (non-hydrogen) atoms. The molecule has 7 heteroatoms. The van der Waals surface area contributed by atoms with Crippen LogP contribution in [0.3, 0.4) is 0 Å². The maximum absolute atomic E-state index is 12.2. The summed E-state index contributed by atoms with van der Waals surface area (Å²) in [6.45, 7) is 2.40. The summed E-state index contributed by atoms with van der Waals surface area (Å²) in [7, 11) is 0. The monoisotopic (exact) mass is 356 g/mol. The van der Waals surface area contributed by atoms with E-state index in [-0.39, 0.29) is 6.03 Å². The first-order valence-electron chi connectivity index (χ1n) is 8.64. The molecule has 0 fully saturated rings. The van der Waals surface area contributed by atoms with E-state index >= 15 is 0 Å². The van der Waals surface area contributed by atoms with E-state index in [2.05, 4.69) is 26.9 Å². The Morgan fingerprint density at radius 3 is 2.92 bits per heavy atom. The van der Waals surface area contributed by atoms with Crippen LogP contribution in [-0.4, -0.2) is 16.2 Å². The fourth-order valence-corrected chi connectivity index (χ4v) is 3.93. The average molecular weight is 356 g/mol. The van der Waals surface area contributed by atoms with Crippen LogP contribution in [0.4, 0.5) is 10.5 Å². The molecule has 1 aliphatic rings. The van der Waals surface area contributed by atoms with Crippen molar-refractivity contribution in [2.24, 2.45) is 0 Å². The van der Waals surface area contributed by atoms with Gasteiger partial charge < -0.3 is 15.1 Å². The van der Waals surface area contributed by atoms with Gasteiger partial charge in [-0.1, -0.05) is 30.4 Å². The van der Waals surface area contributed by atoms with Gasteiger partial charge in [0.2, 0.25) is 0 Å². The molecule has 0 spiro atoms. The van der Waals surface area contributed by atoms with Gasteiger partial charge in [-0.2, -0.15) is 0 Å². The summed E-state index contributed by atoms with van der Waals surface area (Å²) in [5.74, 6) is 1.07. The predicted molar refractivity (Wildman–Crippen MR) is 98.0 cm³/mol. The van der Waals surface area contributed by atoms with Crippen molar-refractivity contribution in [3.8, 4) is 0 Å². The minimum Gasteiger partial charge on any atom is -0.459 e. The van der Waals surface area contributed by atoms with Gasteiger partial charge in [0.25, 0.3) is 0 Å². The molecule has 0 bridgehead atoms. The molecule has 0 radical (unpaired) electrons. The van der Waals surface area contributed by atoms with Crippen molar-refractivity contribution in [2.45, 2.75) is 45.6 Å². The van der Waals surface area contributed by atoms with Crippen molar-refractivity contribution < 1.29 is 9.21 Å². The van der Waals surface area contributed by atoms with E-state index in [0.29, 0.717) is 12.2 Å². The van der Waals surface area contributed by atoms with Crippen LogP contribution >= 0.6 is 11.3 Å². The number of rotatable bonds is 4. The molecular formula is C18H20N4O2S. The Labute approximate surface area is 149 Å². The van der Waals surface area contributed by atoms with Crippen molar-refractivity contribution in [1.82, 2.24) is 15.5 Å². The number of furan rings is 1. The molecule has 2 N–H and O–H groups in total. The van der Waals surface area contributed by atoms with Crippen LogP contribution in [0.25, 0.3) is 11.0 Å². The second-order valence-electron chi connectivity index (χ2n) is 6.14. The molecule has 0 saturated heterocycles. The third-order valence-corrected chi connectivity index (χ3v) is 5.51. The molecule has 0 aliphatic heterocycles. The number of fused-ring (bicyclic) bond motifs is 3. The number of aromatic nitrogens is 2. The van der Waals surface area contributed by atoms with Gasteiger partial charge >= 0.3 is 6.03 Å². The van der Waals surface area contributed by atoms with E-state index in [4.69, 9.17) is 4.42 Å². The molecule has 2 heterocycles. The Kier molecular flexibility index (Phi) is 4.40. The smallest absolute Gasteiger partial charge is 0.319 e. The summed E-state index contributed by atoms with van der Waals surface area (Å²) in [6.07, 6.45) is 5.25. The second kappa shape index (κ2) is 6.84. The summed E-state index contributed by atoms with van der Waals surface area (Å²) in [5.41, 5.74) is 2.77. The van der Waals surface area contributed by atoms with Crippen LogP contribution in [0, 0.1) is 0 Å². The Bertz CT molecular complexity index is 915. The summed E-state index contributed by atoms with van der Waals surface area (Å²) in [4.78, 5) is 12.2. The molecular weight excluding hydrogens is 336 g/mol. The van der Waals surface area contributed by atoms with Crippen LogP contribution in [0.5, 0.6) is 0 Å². The number of hydrogen-bond acceptors (Lipinski definition) is 5. The first kappa shape index (κ1) is 16.1. The minimum atomic E-state index is -0.268. The molecule has 3 aromatic rings. The minimum absolute atomic E-state index is 0.268. The van der Waals surface area contributed by atoms with E-state index < -0.39 is 0 Å². The largest absolute Gasteiger partial charge is 0.459 e. The number of urea groups is 1. The van der Waals surface area contributed by atoms with Gasteiger partial charge in [-0.3, -0.25) is 0 Å². The Hall–Kier alpha value is -2.41. The van der Waals surface area contributed by atoms with Gasteiger partial charge in [0.15, 0.2) is 5.58 Å². The van der Waals surface area contributed by atoms with Gasteiger partial charge in [0.1, 0.15) is 15.8 Å². The number of aryl methyl sites for hydroxylation is 3. The molecule has 0 saturated carbocycles. The van der Waals surface area contributed by atoms with Crippen LogP contribution in [0.1, 0.15) is 41.1 Å². The Balaban J connectivity index is 1.48. The zero-order valence-corrected chi connectivity index (χ0v) is 14.9. The highest BCUT2D eigenvalue weighted by molar-refractivity contribution is 7.11. The molecule has 0 atom stereocenters. The van der Waals surface area contributed by atoms with E-state index in [1.54, 1.807) is 0 Å². The average Bonchev–Trinajstić information content (AvgIpc) is 3.25. The number of carbonyl (C=O) groups is 1. The summed E-state index contributed by atoms with van der Waals surface area (Å²) < 4.78 is 6.04. The molecule has 2 aromatic heterocycles. The number of anilines is 1. The molecule has 6 nitrogen and oxygen atoms in total. The number of carbonyl (C=O) groups excluding carboxylic acids is 1. The van der Waals surface area contributed by atoms with E-state index in [1.807, 2.05) is 19.1 Å². The lowest BCUT2D eigenvalue weighted by Gasteiger charge is -2.08. The fourth-order valence-electron chi connectivity index (χ4n) is 3.21. The highest BCUT2D eigenvalue weighted by Gasteiger charge is 2.19. The van der Waals surface area contributed by atoms with Crippen LogP contribution in [0.2, 0.25) is 0 Å². The maximum Gasteiger partial charge on any atom is 0.319 e. The first-order valence-corrected chi connectivity index (χ1v) is 9.45. The molecule has 4 rings (SSSR count). The van der Waals surface area contributed by atoms with Crippen LogP contribution in [-0.2, 0) is 25.8 Å². The number of nitrogens with one attached hydrogen (secondary N) is 2. The van der Waals surface area contributed by atoms with Crippen molar-refractivity contribution >= 4 is 34.0 Å². The van der Waals surface area contributed by atoms with Crippen molar-refractivity contribution in [2.75, 3.05) is 5.32 Å². The second-order valence-corrected chi connectivity index (χ2v) is 7.29. The number of nitrogens with zero attached hydrogens (tertiary/aromatic N) is 2. The Morgan fingerprint density at radius 2 is 2.08 bits per heavy atom. The number of benzene rings is 1. The quantitative estimate of drug-likeness (QED) is 0.739. The van der Waals surface area contributed by atoms with E-state index in [0.717, 1.165) is 52.4 Å². The lowest BCUT2D eigenvalue weighted by molar-refractivity contribution is 0.251. The third kappa shape index (κ3) is 3.24. The molecule has 2 amide bonds. The third-order valence-electron chi connectivity index (χ3n) is 4.44. The van der Waals surface area contributed by atoms with Gasteiger partial charge in [-0.05, 0) is 31.7 Å². The number of para-hydroxylation sites is 1. The van der Waals surface area contributed by atoms with Gasteiger partial charge in [0.05, 0.1) is 12.2 Å². The predicted octanol–water partition coefficient (Wildman–Crippen LogP) is 4.05. The van der Waals surface area contributed by atoms with Crippen molar-refractivity contribution in [3.05, 3.63) is 39.5 Å². The van der Waals surface area contributed by atoms with Crippen molar-refractivity contribution in [3.63, 3.8) is 0 Å². The summed E-state index contributed by atoms with van der Waals surface area (Å²) in [6, 6.07) is 5.63. The topological polar surface area (TPSA) is 80.0 Å². The van der Waals surface area contributed by atoms with Crippen molar-refractivity contribution in [1.29, 1.82) is 0 Å². The van der Waals surface area contributed by atoms with Crippen LogP contribution in [0.15, 0.2) is 22.6 Å². The zero-order valence-electron chi connectivity index (χ0n) is 14.1. The zero-order chi connectivity index (χ0) is 17.2. The molecule has 130 valence electrons.